The van der Waals surface area contributed by atoms with E-state index in [1.165, 1.54) is 5.57 Å². The first kappa shape index (κ1) is 9.47. The summed E-state index contributed by atoms with van der Waals surface area (Å²) < 4.78 is 7.50. The second kappa shape index (κ2) is 4.02. The van der Waals surface area contributed by atoms with Crippen molar-refractivity contribution in [2.45, 2.75) is 12.5 Å². The number of nitrogens with zero attached hydrogens (tertiary/aromatic N) is 2. The molecular formula is C9H10N3OS2. The maximum atomic E-state index is 5.37. The van der Waals surface area contributed by atoms with E-state index in [1.807, 2.05) is 17.3 Å². The Morgan fingerprint density at radius 1 is 1.67 bits per heavy atom. The van der Waals surface area contributed by atoms with Crippen LogP contribution in [-0.4, -0.2) is 28.4 Å². The van der Waals surface area contributed by atoms with Gasteiger partial charge in [0.15, 0.2) is 6.26 Å². The fourth-order valence-corrected chi connectivity index (χ4v) is 3.08. The lowest BCUT2D eigenvalue weighted by atomic mass is 10.1. The van der Waals surface area contributed by atoms with E-state index in [1.54, 1.807) is 23.9 Å². The van der Waals surface area contributed by atoms with E-state index in [-0.39, 0.29) is 6.04 Å². The Morgan fingerprint density at radius 3 is 3.40 bits per heavy atom. The third-order valence-electron chi connectivity index (χ3n) is 2.42. The highest BCUT2D eigenvalue weighted by molar-refractivity contribution is 7.98. The minimum Gasteiger partial charge on any atom is -0.374 e. The maximum Gasteiger partial charge on any atom is 0.198 e. The summed E-state index contributed by atoms with van der Waals surface area (Å²) in [4.78, 5) is 5.37. The molecule has 3 aliphatic rings. The number of hydrogen-bond donors (Lipinski definition) is 1. The van der Waals surface area contributed by atoms with Gasteiger partial charge in [-0.05, 0) is 35.5 Å². The van der Waals surface area contributed by atoms with Gasteiger partial charge in [-0.1, -0.05) is 0 Å². The van der Waals surface area contributed by atoms with E-state index in [2.05, 4.69) is 15.4 Å². The first-order chi connectivity index (χ1) is 7.45. The molecule has 1 atom stereocenters. The highest BCUT2D eigenvalue weighted by atomic mass is 32.2. The fraction of sp³-hybridized carbons (Fsp3) is 0.444. The molecule has 1 unspecified atom stereocenters. The van der Waals surface area contributed by atoms with Crippen LogP contribution in [0.1, 0.15) is 6.42 Å². The number of hydrogen-bond acceptors (Lipinski definition) is 6. The molecule has 15 heavy (non-hydrogen) atoms. The van der Waals surface area contributed by atoms with Crippen LogP contribution >= 0.6 is 23.9 Å². The molecule has 6 heteroatoms. The topological polar surface area (TPSA) is 36.9 Å². The smallest absolute Gasteiger partial charge is 0.198 e. The Balaban J connectivity index is 1.78. The van der Waals surface area contributed by atoms with Crippen molar-refractivity contribution >= 4 is 29.7 Å². The third kappa shape index (κ3) is 1.72. The molecule has 79 valence electrons. The van der Waals surface area contributed by atoms with Crippen molar-refractivity contribution in [3.63, 3.8) is 0 Å². The predicted molar refractivity (Wildman–Crippen MR) is 62.7 cm³/mol. The van der Waals surface area contributed by atoms with Gasteiger partial charge in [-0.3, -0.25) is 0 Å². The highest BCUT2D eigenvalue weighted by Crippen LogP contribution is 2.28. The van der Waals surface area contributed by atoms with Gasteiger partial charge in [0, 0.05) is 24.1 Å². The largest absolute Gasteiger partial charge is 0.374 e. The zero-order valence-corrected chi connectivity index (χ0v) is 9.61. The molecule has 0 amide bonds. The van der Waals surface area contributed by atoms with Gasteiger partial charge in [0.1, 0.15) is 11.9 Å². The number of rotatable bonds is 1. The number of nitrogens with one attached hydrogen (secondary N) is 1. The van der Waals surface area contributed by atoms with E-state index in [4.69, 9.17) is 4.84 Å². The predicted octanol–water partition coefficient (Wildman–Crippen LogP) is 1.50. The van der Waals surface area contributed by atoms with E-state index in [9.17, 15) is 0 Å². The lowest BCUT2D eigenvalue weighted by Gasteiger charge is -2.23. The van der Waals surface area contributed by atoms with Crippen LogP contribution in [0.5, 0.6) is 0 Å². The van der Waals surface area contributed by atoms with Gasteiger partial charge >= 0.3 is 0 Å². The molecule has 0 fully saturated rings. The molecule has 1 radical (unpaired) electrons. The Morgan fingerprint density at radius 2 is 2.67 bits per heavy atom. The van der Waals surface area contributed by atoms with Crippen molar-refractivity contribution in [3.8, 4) is 0 Å². The Bertz CT molecular complexity index is 353. The number of amidine groups is 1. The van der Waals surface area contributed by atoms with Crippen LogP contribution in [0.25, 0.3) is 0 Å². The summed E-state index contributed by atoms with van der Waals surface area (Å²) in [5.74, 6) is 3.06. The first-order valence-corrected chi connectivity index (χ1v) is 6.68. The average molecular weight is 240 g/mol. The zero-order valence-electron chi connectivity index (χ0n) is 7.97. The van der Waals surface area contributed by atoms with Crippen molar-refractivity contribution in [2.24, 2.45) is 4.40 Å². The minimum absolute atomic E-state index is 0.171. The van der Waals surface area contributed by atoms with Crippen molar-refractivity contribution in [1.82, 2.24) is 9.79 Å². The molecule has 0 spiro atoms. The summed E-state index contributed by atoms with van der Waals surface area (Å²) in [6.07, 6.45) is 7.77. The Hall–Kier alpha value is -0.750. The van der Waals surface area contributed by atoms with E-state index < -0.39 is 0 Å². The van der Waals surface area contributed by atoms with Gasteiger partial charge in [-0.25, -0.2) is 4.40 Å². The van der Waals surface area contributed by atoms with Crippen molar-refractivity contribution in [2.75, 3.05) is 11.5 Å². The molecule has 3 heterocycles. The van der Waals surface area contributed by atoms with E-state index >= 15 is 0 Å². The molecular weight excluding hydrogens is 230 g/mol. The standard InChI is InChI=1S/C9H10N3OS2/c1-3-13-12(9-2-4-14-11-9)8(1)7-5-10-15-6-7/h1,5,8,10H,2,4,6H2. The van der Waals surface area contributed by atoms with E-state index in [0.29, 0.717) is 0 Å². The molecule has 0 saturated carbocycles. The zero-order chi connectivity index (χ0) is 10.1. The quantitative estimate of drug-likeness (QED) is 0.703. The third-order valence-corrected chi connectivity index (χ3v) is 3.91. The molecule has 0 aromatic rings. The molecule has 0 saturated heterocycles. The summed E-state index contributed by atoms with van der Waals surface area (Å²) in [5, 5.41) is 1.86. The van der Waals surface area contributed by atoms with Crippen LogP contribution in [0.15, 0.2) is 22.2 Å². The second-order valence-corrected chi connectivity index (χ2v) is 5.03. The van der Waals surface area contributed by atoms with Gasteiger partial charge < -0.3 is 9.56 Å². The van der Waals surface area contributed by atoms with Gasteiger partial charge in [0.2, 0.25) is 0 Å². The van der Waals surface area contributed by atoms with Gasteiger partial charge in [-0.2, -0.15) is 5.06 Å². The summed E-state index contributed by atoms with van der Waals surface area (Å²) in [7, 11) is 0. The lowest BCUT2D eigenvalue weighted by molar-refractivity contribution is -0.0341. The van der Waals surface area contributed by atoms with Crippen LogP contribution in [-0.2, 0) is 4.84 Å². The summed E-state index contributed by atoms with van der Waals surface area (Å²) in [5.41, 5.74) is 1.31. The maximum absolute atomic E-state index is 5.37. The van der Waals surface area contributed by atoms with Crippen molar-refractivity contribution in [3.05, 3.63) is 24.1 Å². The van der Waals surface area contributed by atoms with Gasteiger partial charge in [-0.15, -0.1) is 0 Å². The summed E-state index contributed by atoms with van der Waals surface area (Å²) in [6, 6.07) is 0.171. The fourth-order valence-electron chi connectivity index (χ4n) is 1.65. The SMILES string of the molecule is [C]1=CC(C2=CNSC2)N(C2=NSCC2)O1. The summed E-state index contributed by atoms with van der Waals surface area (Å²) in [6.45, 7) is 0. The van der Waals surface area contributed by atoms with Crippen molar-refractivity contribution in [1.29, 1.82) is 0 Å². The molecule has 3 aliphatic heterocycles. The normalized spacial score (nSPS) is 28.8. The van der Waals surface area contributed by atoms with Crippen LogP contribution in [0, 0.1) is 6.26 Å². The van der Waals surface area contributed by atoms with Crippen molar-refractivity contribution < 1.29 is 4.84 Å². The van der Waals surface area contributed by atoms with Crippen LogP contribution in [0.4, 0.5) is 0 Å². The average Bonchev–Trinajstić information content (AvgIpc) is 3.01. The van der Waals surface area contributed by atoms with Gasteiger partial charge in [0.25, 0.3) is 0 Å². The molecule has 0 bridgehead atoms. The molecule has 0 aromatic carbocycles. The molecule has 0 aromatic heterocycles. The first-order valence-electron chi connectivity index (χ1n) is 4.75. The van der Waals surface area contributed by atoms with Gasteiger partial charge in [0.05, 0.1) is 0 Å². The Labute approximate surface area is 97.1 Å². The molecule has 3 rings (SSSR count). The monoisotopic (exact) mass is 240 g/mol. The molecule has 0 aliphatic carbocycles. The Kier molecular flexibility index (Phi) is 2.54. The molecule has 1 N–H and O–H groups in total. The molecule has 4 nitrogen and oxygen atoms in total. The lowest BCUT2D eigenvalue weighted by Crippen LogP contribution is -2.35. The second-order valence-electron chi connectivity index (χ2n) is 3.36. The highest BCUT2D eigenvalue weighted by Gasteiger charge is 2.31. The number of hydroxylamine groups is 2. The van der Waals surface area contributed by atoms with Crippen LogP contribution in [0.2, 0.25) is 0 Å². The van der Waals surface area contributed by atoms with Crippen LogP contribution in [0.3, 0.4) is 0 Å². The summed E-state index contributed by atoms with van der Waals surface area (Å²) >= 11 is 3.29. The van der Waals surface area contributed by atoms with E-state index in [0.717, 1.165) is 23.8 Å². The minimum atomic E-state index is 0.171. The van der Waals surface area contributed by atoms with Crippen LogP contribution < -0.4 is 4.72 Å².